The van der Waals surface area contributed by atoms with E-state index < -0.39 is 0 Å². The number of methoxy groups -OCH3 is 1. The van der Waals surface area contributed by atoms with Gasteiger partial charge in [0.25, 0.3) is 0 Å². The molecule has 0 saturated heterocycles. The van der Waals surface area contributed by atoms with Crippen molar-refractivity contribution in [2.45, 2.75) is 25.9 Å². The van der Waals surface area contributed by atoms with E-state index in [2.05, 4.69) is 33.1 Å². The predicted molar refractivity (Wildman–Crippen MR) is 114 cm³/mol. The van der Waals surface area contributed by atoms with Gasteiger partial charge in [0, 0.05) is 31.9 Å². The molecule has 0 unspecified atom stereocenters. The second-order valence-corrected chi connectivity index (χ2v) is 6.40. The highest BCUT2D eigenvalue weighted by Crippen LogP contribution is 2.28. The Morgan fingerprint density at radius 1 is 1.04 bits per heavy atom. The number of aryl methyl sites for hydroxylation is 1. The van der Waals surface area contributed by atoms with Gasteiger partial charge in [0.05, 0.1) is 20.0 Å². The zero-order chi connectivity index (χ0) is 18.7. The molecule has 28 heavy (non-hydrogen) atoms. The van der Waals surface area contributed by atoms with Crippen molar-refractivity contribution in [1.82, 2.24) is 14.9 Å². The summed E-state index contributed by atoms with van der Waals surface area (Å²) in [6, 6.07) is 16.5. The smallest absolute Gasteiger partial charge is 0.161 e. The molecule has 0 radical (unpaired) electrons. The van der Waals surface area contributed by atoms with Gasteiger partial charge in [-0.1, -0.05) is 36.4 Å². The van der Waals surface area contributed by atoms with E-state index in [1.54, 1.807) is 7.11 Å². The maximum absolute atomic E-state index is 5.92. The Labute approximate surface area is 173 Å². The molecule has 150 valence electrons. The maximum atomic E-state index is 5.92. The average molecular weight is 402 g/mol. The fraction of sp³-hybridized carbons (Fsp3) is 0.318. The monoisotopic (exact) mass is 401 g/mol. The van der Waals surface area contributed by atoms with Crippen molar-refractivity contribution < 1.29 is 9.47 Å². The molecule has 6 heteroatoms. The third-order valence-electron chi connectivity index (χ3n) is 4.38. The lowest BCUT2D eigenvalue weighted by Gasteiger charge is -2.13. The Morgan fingerprint density at radius 3 is 2.64 bits per heavy atom. The van der Waals surface area contributed by atoms with Gasteiger partial charge in [0.1, 0.15) is 0 Å². The quantitative estimate of drug-likeness (QED) is 0.491. The topological polar surface area (TPSA) is 48.3 Å². The van der Waals surface area contributed by atoms with E-state index in [-0.39, 0.29) is 12.4 Å². The van der Waals surface area contributed by atoms with Gasteiger partial charge in [-0.2, -0.15) is 0 Å². The number of halogens is 1. The Hall–Kier alpha value is -2.50. The van der Waals surface area contributed by atoms with Crippen LogP contribution in [0.1, 0.15) is 17.5 Å². The normalized spacial score (nSPS) is 10.3. The molecule has 0 fully saturated rings. The number of hydrogen-bond donors (Lipinski definition) is 1. The van der Waals surface area contributed by atoms with Crippen LogP contribution in [0.3, 0.4) is 0 Å². The third kappa shape index (κ3) is 6.91. The molecule has 2 aromatic carbocycles. The lowest BCUT2D eigenvalue weighted by Crippen LogP contribution is -2.16. The van der Waals surface area contributed by atoms with Gasteiger partial charge in [-0.15, -0.1) is 12.4 Å². The second-order valence-electron chi connectivity index (χ2n) is 6.40. The largest absolute Gasteiger partial charge is 0.493 e. The third-order valence-corrected chi connectivity index (χ3v) is 4.38. The van der Waals surface area contributed by atoms with Crippen molar-refractivity contribution in [1.29, 1.82) is 0 Å². The molecule has 0 aliphatic carbocycles. The van der Waals surface area contributed by atoms with Crippen LogP contribution in [0.15, 0.2) is 67.3 Å². The van der Waals surface area contributed by atoms with Gasteiger partial charge in [-0.05, 0) is 36.2 Å². The summed E-state index contributed by atoms with van der Waals surface area (Å²) in [5.41, 5.74) is 2.46. The first-order valence-corrected chi connectivity index (χ1v) is 9.35. The van der Waals surface area contributed by atoms with Gasteiger partial charge >= 0.3 is 0 Å². The van der Waals surface area contributed by atoms with Crippen LogP contribution in [-0.4, -0.2) is 29.8 Å². The van der Waals surface area contributed by atoms with E-state index in [0.29, 0.717) is 6.61 Å². The summed E-state index contributed by atoms with van der Waals surface area (Å²) in [5, 5.41) is 3.47. The van der Waals surface area contributed by atoms with Crippen LogP contribution in [0, 0.1) is 0 Å². The van der Waals surface area contributed by atoms with Crippen molar-refractivity contribution in [2.75, 3.05) is 20.3 Å². The van der Waals surface area contributed by atoms with Gasteiger partial charge in [-0.25, -0.2) is 4.98 Å². The van der Waals surface area contributed by atoms with Crippen LogP contribution >= 0.6 is 12.4 Å². The van der Waals surface area contributed by atoms with Crippen LogP contribution in [0.5, 0.6) is 11.5 Å². The second kappa shape index (κ2) is 12.1. The van der Waals surface area contributed by atoms with E-state index in [9.17, 15) is 0 Å². The molecule has 0 saturated carbocycles. The van der Waals surface area contributed by atoms with Crippen molar-refractivity contribution in [3.05, 3.63) is 78.4 Å². The molecule has 3 aromatic rings. The number of hydrogen-bond acceptors (Lipinski definition) is 4. The number of rotatable bonds is 11. The van der Waals surface area contributed by atoms with Gasteiger partial charge in [-0.3, -0.25) is 0 Å². The predicted octanol–water partition coefficient (Wildman–Crippen LogP) is 4.11. The maximum Gasteiger partial charge on any atom is 0.161 e. The van der Waals surface area contributed by atoms with E-state index >= 15 is 0 Å². The Balaban J connectivity index is 0.00000280. The van der Waals surface area contributed by atoms with Crippen molar-refractivity contribution >= 4 is 12.4 Å². The highest BCUT2D eigenvalue weighted by atomic mass is 35.5. The van der Waals surface area contributed by atoms with E-state index in [0.717, 1.165) is 44.0 Å². The lowest BCUT2D eigenvalue weighted by molar-refractivity contribution is 0.297. The Morgan fingerprint density at radius 2 is 1.89 bits per heavy atom. The first-order chi connectivity index (χ1) is 13.3. The van der Waals surface area contributed by atoms with Crippen molar-refractivity contribution in [2.24, 2.45) is 0 Å². The SMILES string of the molecule is COc1cc(CNCCCn2ccnc2)ccc1OCCc1ccccc1.Cl. The molecule has 1 heterocycles. The number of ether oxygens (including phenoxy) is 2. The molecule has 0 atom stereocenters. The molecule has 0 aliphatic rings. The summed E-state index contributed by atoms with van der Waals surface area (Å²) in [7, 11) is 1.68. The zero-order valence-electron chi connectivity index (χ0n) is 16.2. The molecule has 3 rings (SSSR count). The van der Waals surface area contributed by atoms with Crippen LogP contribution < -0.4 is 14.8 Å². The van der Waals surface area contributed by atoms with Crippen molar-refractivity contribution in [3.8, 4) is 11.5 Å². The Bertz CT molecular complexity index is 795. The summed E-state index contributed by atoms with van der Waals surface area (Å²) >= 11 is 0. The van der Waals surface area contributed by atoms with Crippen LogP contribution in [0.4, 0.5) is 0 Å². The molecular formula is C22H28ClN3O2. The minimum absolute atomic E-state index is 0. The first kappa shape index (κ1) is 21.8. The van der Waals surface area contributed by atoms with Crippen LogP contribution in [-0.2, 0) is 19.5 Å². The zero-order valence-corrected chi connectivity index (χ0v) is 17.0. The van der Waals surface area contributed by atoms with Crippen LogP contribution in [0.2, 0.25) is 0 Å². The van der Waals surface area contributed by atoms with Crippen molar-refractivity contribution in [3.63, 3.8) is 0 Å². The highest BCUT2D eigenvalue weighted by Gasteiger charge is 2.06. The highest BCUT2D eigenvalue weighted by molar-refractivity contribution is 5.85. The molecule has 1 aromatic heterocycles. The first-order valence-electron chi connectivity index (χ1n) is 9.35. The summed E-state index contributed by atoms with van der Waals surface area (Å²) < 4.78 is 13.5. The van der Waals surface area contributed by atoms with E-state index in [1.807, 2.05) is 49.1 Å². The summed E-state index contributed by atoms with van der Waals surface area (Å²) in [6.07, 6.45) is 7.59. The minimum atomic E-state index is 0. The van der Waals surface area contributed by atoms with Gasteiger partial charge in [0.15, 0.2) is 11.5 Å². The number of aromatic nitrogens is 2. The summed E-state index contributed by atoms with van der Waals surface area (Å²) in [5.74, 6) is 1.57. The molecule has 0 amide bonds. The molecule has 0 aliphatic heterocycles. The number of imidazole rings is 1. The Kier molecular flexibility index (Phi) is 9.39. The molecule has 5 nitrogen and oxygen atoms in total. The standard InChI is InChI=1S/C22H27N3O2.ClH/c1-26-22-16-20(17-23-11-5-13-25-14-12-24-18-25)8-9-21(22)27-15-10-19-6-3-2-4-7-19;/h2-4,6-9,12,14,16,18,23H,5,10-11,13,15,17H2,1H3;1H. The molecule has 0 bridgehead atoms. The van der Waals surface area contributed by atoms with Crippen LogP contribution in [0.25, 0.3) is 0 Å². The fourth-order valence-corrected chi connectivity index (χ4v) is 2.90. The number of benzene rings is 2. The number of nitrogens with one attached hydrogen (secondary N) is 1. The molecular weight excluding hydrogens is 374 g/mol. The fourth-order valence-electron chi connectivity index (χ4n) is 2.90. The lowest BCUT2D eigenvalue weighted by atomic mass is 10.1. The van der Waals surface area contributed by atoms with E-state index in [4.69, 9.17) is 9.47 Å². The van der Waals surface area contributed by atoms with E-state index in [1.165, 1.54) is 11.1 Å². The van der Waals surface area contributed by atoms with Gasteiger partial charge < -0.3 is 19.4 Å². The molecule has 0 spiro atoms. The average Bonchev–Trinajstić information content (AvgIpc) is 3.23. The number of nitrogens with zero attached hydrogens (tertiary/aromatic N) is 2. The summed E-state index contributed by atoms with van der Waals surface area (Å²) in [6.45, 7) is 3.37. The molecule has 1 N–H and O–H groups in total. The van der Waals surface area contributed by atoms with Gasteiger partial charge in [0.2, 0.25) is 0 Å². The minimum Gasteiger partial charge on any atom is -0.493 e. The summed E-state index contributed by atoms with van der Waals surface area (Å²) in [4.78, 5) is 4.05.